The van der Waals surface area contributed by atoms with Crippen molar-refractivity contribution in [2.45, 2.75) is 141 Å². The summed E-state index contributed by atoms with van der Waals surface area (Å²) in [5.74, 6) is -0.164. The van der Waals surface area contributed by atoms with Gasteiger partial charge in [0, 0.05) is 6.42 Å². The van der Waals surface area contributed by atoms with Gasteiger partial charge in [0.05, 0.1) is 18.8 Å². The van der Waals surface area contributed by atoms with Crippen LogP contribution >= 0.6 is 0 Å². The number of amides is 1. The molecule has 0 aromatic heterocycles. The Hall–Kier alpha value is -0.910. The van der Waals surface area contributed by atoms with Crippen molar-refractivity contribution in [1.82, 2.24) is 5.32 Å². The lowest BCUT2D eigenvalue weighted by atomic mass is 10.0. The van der Waals surface area contributed by atoms with Crippen LogP contribution in [-0.2, 0) is 4.79 Å². The van der Waals surface area contributed by atoms with Crippen LogP contribution < -0.4 is 5.32 Å². The van der Waals surface area contributed by atoms with Crippen molar-refractivity contribution in [3.63, 3.8) is 0 Å². The number of allylic oxidation sites excluding steroid dienone is 2. The maximum Gasteiger partial charge on any atom is 0.220 e. The number of aliphatic hydroxyl groups is 3. The lowest BCUT2D eigenvalue weighted by molar-refractivity contribution is -0.124. The first-order valence-corrected chi connectivity index (χ1v) is 13.0. The smallest absolute Gasteiger partial charge is 0.220 e. The number of unbranched alkanes of at least 4 members (excludes halogenated alkanes) is 12. The molecule has 0 saturated carbocycles. The summed E-state index contributed by atoms with van der Waals surface area (Å²) in [7, 11) is 0. The highest BCUT2D eigenvalue weighted by Crippen LogP contribution is 2.12. The number of hydrogen-bond acceptors (Lipinski definition) is 4. The van der Waals surface area contributed by atoms with Crippen molar-refractivity contribution >= 4 is 5.91 Å². The Labute approximate surface area is 191 Å². The van der Waals surface area contributed by atoms with Crippen LogP contribution in [0.4, 0.5) is 0 Å². The molecule has 0 fully saturated rings. The number of hydrogen-bond donors (Lipinski definition) is 4. The van der Waals surface area contributed by atoms with Crippen molar-refractivity contribution in [2.75, 3.05) is 6.61 Å². The topological polar surface area (TPSA) is 89.8 Å². The van der Waals surface area contributed by atoms with Gasteiger partial charge in [0.1, 0.15) is 6.10 Å². The van der Waals surface area contributed by atoms with Crippen LogP contribution in [0.2, 0.25) is 0 Å². The van der Waals surface area contributed by atoms with E-state index in [-0.39, 0.29) is 12.5 Å². The molecule has 1 amide bonds. The summed E-state index contributed by atoms with van der Waals surface area (Å²) < 4.78 is 0. The van der Waals surface area contributed by atoms with E-state index in [2.05, 4.69) is 31.3 Å². The van der Waals surface area contributed by atoms with E-state index in [1.165, 1.54) is 57.8 Å². The molecule has 0 saturated heterocycles. The van der Waals surface area contributed by atoms with Gasteiger partial charge in [0.15, 0.2) is 0 Å². The zero-order valence-corrected chi connectivity index (χ0v) is 20.4. The van der Waals surface area contributed by atoms with E-state index in [0.717, 1.165) is 38.5 Å². The van der Waals surface area contributed by atoms with Crippen LogP contribution in [0.3, 0.4) is 0 Å². The average molecular weight is 442 g/mol. The summed E-state index contributed by atoms with van der Waals surface area (Å²) in [5.41, 5.74) is 0. The molecule has 0 aliphatic carbocycles. The first kappa shape index (κ1) is 30.1. The summed E-state index contributed by atoms with van der Waals surface area (Å²) >= 11 is 0. The van der Waals surface area contributed by atoms with Gasteiger partial charge in [-0.3, -0.25) is 4.79 Å². The molecule has 0 bridgehead atoms. The molecule has 0 aliphatic heterocycles. The van der Waals surface area contributed by atoms with Crippen LogP contribution in [0.1, 0.15) is 123 Å². The van der Waals surface area contributed by atoms with Gasteiger partial charge in [-0.2, -0.15) is 0 Å². The van der Waals surface area contributed by atoms with Gasteiger partial charge in [0.25, 0.3) is 0 Å². The van der Waals surface area contributed by atoms with Gasteiger partial charge in [-0.25, -0.2) is 0 Å². The number of carbonyl (C=O) groups is 1. The van der Waals surface area contributed by atoms with E-state index in [1.807, 2.05) is 0 Å². The minimum absolute atomic E-state index is 0.164. The molecule has 0 heterocycles. The highest BCUT2D eigenvalue weighted by Gasteiger charge is 2.26. The predicted octanol–water partition coefficient (Wildman–Crippen LogP) is 5.41. The van der Waals surface area contributed by atoms with Gasteiger partial charge in [-0.1, -0.05) is 90.2 Å². The minimum atomic E-state index is -1.15. The standard InChI is InChI=1S/C26H51NO4/c1-3-5-7-9-11-13-15-17-19-21-25(30)27-23(22-28)26(31)24(29)20-18-16-14-12-10-8-6-4-2/h12,14,23-24,26,28-29,31H,3-11,13,15-22H2,1-2H3,(H,27,30)/b14-12+. The molecule has 4 N–H and O–H groups in total. The Morgan fingerprint density at radius 2 is 1.29 bits per heavy atom. The summed E-state index contributed by atoms with van der Waals surface area (Å²) in [4.78, 5) is 12.1. The van der Waals surface area contributed by atoms with Crippen LogP contribution in [0.25, 0.3) is 0 Å². The summed E-state index contributed by atoms with van der Waals surface area (Å²) in [6, 6.07) is -0.814. The predicted molar refractivity (Wildman–Crippen MR) is 130 cm³/mol. The lowest BCUT2D eigenvalue weighted by Crippen LogP contribution is -2.50. The molecule has 0 aromatic carbocycles. The molecule has 0 spiro atoms. The van der Waals surface area contributed by atoms with Gasteiger partial charge in [-0.15, -0.1) is 0 Å². The second-order valence-electron chi connectivity index (χ2n) is 8.89. The number of nitrogens with one attached hydrogen (secondary N) is 1. The molecule has 0 rings (SSSR count). The van der Waals surface area contributed by atoms with Gasteiger partial charge < -0.3 is 20.6 Å². The van der Waals surface area contributed by atoms with E-state index in [4.69, 9.17) is 0 Å². The Bertz CT molecular complexity index is 428. The van der Waals surface area contributed by atoms with E-state index in [1.54, 1.807) is 0 Å². The number of aliphatic hydroxyl groups excluding tert-OH is 3. The number of carbonyl (C=O) groups excluding carboxylic acids is 1. The molecule has 0 aromatic rings. The van der Waals surface area contributed by atoms with E-state index in [0.29, 0.717) is 12.8 Å². The monoisotopic (exact) mass is 441 g/mol. The van der Waals surface area contributed by atoms with Crippen molar-refractivity contribution in [1.29, 1.82) is 0 Å². The highest BCUT2D eigenvalue weighted by atomic mass is 16.3. The zero-order chi connectivity index (χ0) is 23.2. The second kappa shape index (κ2) is 22.3. The van der Waals surface area contributed by atoms with Crippen molar-refractivity contribution in [3.8, 4) is 0 Å². The van der Waals surface area contributed by atoms with Crippen LogP contribution in [0.5, 0.6) is 0 Å². The highest BCUT2D eigenvalue weighted by molar-refractivity contribution is 5.76. The van der Waals surface area contributed by atoms with E-state index < -0.39 is 18.2 Å². The normalized spacial score (nSPS) is 14.6. The van der Waals surface area contributed by atoms with Gasteiger partial charge in [-0.05, 0) is 38.5 Å². The maximum absolute atomic E-state index is 12.1. The average Bonchev–Trinajstić information content (AvgIpc) is 2.77. The van der Waals surface area contributed by atoms with Crippen molar-refractivity contribution in [3.05, 3.63) is 12.2 Å². The molecule has 0 aliphatic rings. The number of rotatable bonds is 22. The quantitative estimate of drug-likeness (QED) is 0.133. The Kier molecular flexibility index (Phi) is 21.6. The third kappa shape index (κ3) is 18.4. The van der Waals surface area contributed by atoms with Crippen LogP contribution in [0, 0.1) is 0 Å². The van der Waals surface area contributed by atoms with Crippen molar-refractivity contribution < 1.29 is 20.1 Å². The summed E-state index contributed by atoms with van der Waals surface area (Å²) in [6.45, 7) is 4.04. The lowest BCUT2D eigenvalue weighted by Gasteiger charge is -2.26. The third-order valence-corrected chi connectivity index (χ3v) is 5.87. The molecular formula is C26H51NO4. The fraction of sp³-hybridized carbons (Fsp3) is 0.885. The van der Waals surface area contributed by atoms with E-state index in [9.17, 15) is 20.1 Å². The molecule has 5 nitrogen and oxygen atoms in total. The SMILES string of the molecule is CCCCC/C=C/CCCC(O)C(O)C(CO)NC(=O)CCCCCCCCCCC. The van der Waals surface area contributed by atoms with Crippen LogP contribution in [0.15, 0.2) is 12.2 Å². The second-order valence-corrected chi connectivity index (χ2v) is 8.89. The third-order valence-electron chi connectivity index (χ3n) is 5.87. The Balaban J connectivity index is 3.89. The molecule has 5 heteroatoms. The van der Waals surface area contributed by atoms with Crippen LogP contribution in [-0.4, -0.2) is 46.1 Å². The largest absolute Gasteiger partial charge is 0.394 e. The molecule has 0 radical (unpaired) electrons. The van der Waals surface area contributed by atoms with E-state index >= 15 is 0 Å². The first-order valence-electron chi connectivity index (χ1n) is 13.0. The Morgan fingerprint density at radius 3 is 1.87 bits per heavy atom. The van der Waals surface area contributed by atoms with Crippen molar-refractivity contribution in [2.24, 2.45) is 0 Å². The Morgan fingerprint density at radius 1 is 0.774 bits per heavy atom. The fourth-order valence-electron chi connectivity index (χ4n) is 3.75. The first-order chi connectivity index (χ1) is 15.1. The molecule has 184 valence electrons. The minimum Gasteiger partial charge on any atom is -0.394 e. The molecule has 3 atom stereocenters. The fourth-order valence-corrected chi connectivity index (χ4v) is 3.75. The maximum atomic E-state index is 12.1. The molecule has 31 heavy (non-hydrogen) atoms. The molecule has 3 unspecified atom stereocenters. The zero-order valence-electron chi connectivity index (χ0n) is 20.4. The summed E-state index contributed by atoms with van der Waals surface area (Å²) in [6.07, 6.45) is 20.2. The molecular weight excluding hydrogens is 390 g/mol. The van der Waals surface area contributed by atoms with Gasteiger partial charge >= 0.3 is 0 Å². The summed E-state index contributed by atoms with van der Waals surface area (Å²) in [5, 5.41) is 32.8. The van der Waals surface area contributed by atoms with Gasteiger partial charge in [0.2, 0.25) is 5.91 Å².